The van der Waals surface area contributed by atoms with Gasteiger partial charge in [0.25, 0.3) is 11.8 Å². The lowest BCUT2D eigenvalue weighted by Gasteiger charge is -2.31. The Morgan fingerprint density at radius 2 is 1.94 bits per heavy atom. The van der Waals surface area contributed by atoms with E-state index < -0.39 is 23.4 Å². The normalized spacial score (nSPS) is 22.1. The monoisotopic (exact) mass is 445 g/mol. The highest BCUT2D eigenvalue weighted by atomic mass is 16.5. The lowest BCUT2D eigenvalue weighted by atomic mass is 9.92. The summed E-state index contributed by atoms with van der Waals surface area (Å²) in [6.07, 6.45) is 1.31. The minimum absolute atomic E-state index is 0.0332. The fourth-order valence-corrected chi connectivity index (χ4v) is 3.99. The molecular formula is C22H31N5O5. The van der Waals surface area contributed by atoms with Crippen LogP contribution in [0.1, 0.15) is 39.2 Å². The number of piperidine rings is 1. The number of methoxy groups -OCH3 is 1. The van der Waals surface area contributed by atoms with Gasteiger partial charge in [-0.2, -0.15) is 5.01 Å². The average Bonchev–Trinajstić information content (AvgIpc) is 2.97. The summed E-state index contributed by atoms with van der Waals surface area (Å²) in [4.78, 5) is 52.1. The maximum Gasteiger partial charge on any atom is 0.344 e. The Morgan fingerprint density at radius 1 is 1.25 bits per heavy atom. The second kappa shape index (κ2) is 9.56. The van der Waals surface area contributed by atoms with Crippen LogP contribution in [-0.2, 0) is 19.9 Å². The first-order valence-electron chi connectivity index (χ1n) is 10.8. The largest absolute Gasteiger partial charge is 0.497 e. The maximum atomic E-state index is 13.0. The standard InChI is InChI=1S/C22H31N5O5/c1-14(2)23-19(29)15-8-10-26(11-9-15)13-18(28)25-27-20(30)22(3,24-21(27)31)16-6-5-7-17(12-16)32-4/h5-7,12,14-15H,8-11,13H2,1-4H3,(H,23,29)(H,24,31)(H,25,28). The molecule has 0 radical (unpaired) electrons. The zero-order chi connectivity index (χ0) is 23.5. The number of urea groups is 1. The number of nitrogens with zero attached hydrogens (tertiary/aromatic N) is 2. The minimum Gasteiger partial charge on any atom is -0.497 e. The van der Waals surface area contributed by atoms with Crippen LogP contribution >= 0.6 is 0 Å². The molecule has 2 heterocycles. The molecule has 1 atom stereocenters. The van der Waals surface area contributed by atoms with Gasteiger partial charge in [0, 0.05) is 12.0 Å². The highest BCUT2D eigenvalue weighted by Crippen LogP contribution is 2.30. The molecule has 3 N–H and O–H groups in total. The number of benzene rings is 1. The quantitative estimate of drug-likeness (QED) is 0.532. The van der Waals surface area contributed by atoms with E-state index in [2.05, 4.69) is 16.1 Å². The SMILES string of the molecule is COc1cccc(C2(C)NC(=O)N(NC(=O)CN3CCC(C(=O)NC(C)C)CC3)C2=O)c1. The van der Waals surface area contributed by atoms with Crippen molar-refractivity contribution in [3.8, 4) is 5.75 Å². The predicted octanol–water partition coefficient (Wildman–Crippen LogP) is 0.730. The third kappa shape index (κ3) is 5.01. The number of amides is 5. The molecule has 0 bridgehead atoms. The Kier molecular flexibility index (Phi) is 7.02. The second-order valence-corrected chi connectivity index (χ2v) is 8.68. The molecule has 2 aliphatic rings. The molecule has 1 aromatic carbocycles. The van der Waals surface area contributed by atoms with E-state index in [1.807, 2.05) is 18.7 Å². The third-order valence-electron chi connectivity index (χ3n) is 5.83. The van der Waals surface area contributed by atoms with E-state index in [4.69, 9.17) is 4.74 Å². The molecule has 1 aromatic rings. The fourth-order valence-electron chi connectivity index (χ4n) is 3.99. The van der Waals surface area contributed by atoms with Crippen molar-refractivity contribution in [2.45, 2.75) is 45.2 Å². The molecule has 10 heteroatoms. The summed E-state index contributed by atoms with van der Waals surface area (Å²) < 4.78 is 5.20. The molecule has 5 amide bonds. The summed E-state index contributed by atoms with van der Waals surface area (Å²) in [6.45, 7) is 6.64. The van der Waals surface area contributed by atoms with Gasteiger partial charge in [-0.05, 0) is 64.4 Å². The highest BCUT2D eigenvalue weighted by Gasteiger charge is 2.50. The van der Waals surface area contributed by atoms with Crippen LogP contribution in [0.3, 0.4) is 0 Å². The van der Waals surface area contributed by atoms with Crippen LogP contribution < -0.4 is 20.8 Å². The van der Waals surface area contributed by atoms with Gasteiger partial charge in [-0.15, -0.1) is 0 Å². The molecule has 2 aliphatic heterocycles. The number of rotatable bonds is 7. The zero-order valence-electron chi connectivity index (χ0n) is 18.9. The van der Waals surface area contributed by atoms with E-state index in [0.717, 1.165) is 5.01 Å². The first kappa shape index (κ1) is 23.5. The van der Waals surface area contributed by atoms with Crippen LogP contribution in [-0.4, -0.2) is 66.4 Å². The number of hydrogen-bond donors (Lipinski definition) is 3. The molecule has 0 aromatic heterocycles. The fraction of sp³-hybridized carbons (Fsp3) is 0.545. The number of carbonyl (C=O) groups excluding carboxylic acids is 4. The van der Waals surface area contributed by atoms with Gasteiger partial charge in [-0.1, -0.05) is 12.1 Å². The van der Waals surface area contributed by atoms with Crippen molar-refractivity contribution in [2.24, 2.45) is 5.92 Å². The molecule has 0 saturated carbocycles. The Balaban J connectivity index is 1.56. The predicted molar refractivity (Wildman–Crippen MR) is 116 cm³/mol. The van der Waals surface area contributed by atoms with Gasteiger partial charge >= 0.3 is 6.03 Å². The number of hydrogen-bond acceptors (Lipinski definition) is 6. The Morgan fingerprint density at radius 3 is 2.56 bits per heavy atom. The van der Waals surface area contributed by atoms with Crippen LogP contribution in [0.15, 0.2) is 24.3 Å². The first-order valence-corrected chi connectivity index (χ1v) is 10.8. The molecule has 1 unspecified atom stereocenters. The van der Waals surface area contributed by atoms with E-state index in [1.54, 1.807) is 31.2 Å². The van der Waals surface area contributed by atoms with Gasteiger partial charge in [-0.3, -0.25) is 24.7 Å². The number of carbonyl (C=O) groups is 4. The molecule has 32 heavy (non-hydrogen) atoms. The minimum atomic E-state index is -1.32. The van der Waals surface area contributed by atoms with Crippen molar-refractivity contribution >= 4 is 23.8 Å². The van der Waals surface area contributed by atoms with E-state index in [-0.39, 0.29) is 24.4 Å². The van der Waals surface area contributed by atoms with Crippen molar-refractivity contribution in [1.29, 1.82) is 0 Å². The summed E-state index contributed by atoms with van der Waals surface area (Å²) in [6, 6.07) is 6.25. The number of likely N-dealkylation sites (tertiary alicyclic amines) is 1. The van der Waals surface area contributed by atoms with Crippen LogP contribution in [0.25, 0.3) is 0 Å². The van der Waals surface area contributed by atoms with E-state index in [9.17, 15) is 19.2 Å². The third-order valence-corrected chi connectivity index (χ3v) is 5.83. The second-order valence-electron chi connectivity index (χ2n) is 8.68. The lowest BCUT2D eigenvalue weighted by Crippen LogP contribution is -2.52. The van der Waals surface area contributed by atoms with Gasteiger partial charge in [-0.25, -0.2) is 4.79 Å². The Bertz CT molecular complexity index is 896. The lowest BCUT2D eigenvalue weighted by molar-refractivity contribution is -0.139. The summed E-state index contributed by atoms with van der Waals surface area (Å²) >= 11 is 0. The van der Waals surface area contributed by atoms with E-state index >= 15 is 0 Å². The molecule has 10 nitrogen and oxygen atoms in total. The van der Waals surface area contributed by atoms with Gasteiger partial charge in [0.05, 0.1) is 13.7 Å². The summed E-state index contributed by atoms with van der Waals surface area (Å²) in [5.74, 6) is -0.508. The average molecular weight is 446 g/mol. The molecule has 174 valence electrons. The van der Waals surface area contributed by atoms with Gasteiger partial charge in [0.1, 0.15) is 11.3 Å². The topological polar surface area (TPSA) is 120 Å². The van der Waals surface area contributed by atoms with Crippen molar-refractivity contribution in [3.63, 3.8) is 0 Å². The van der Waals surface area contributed by atoms with E-state index in [0.29, 0.717) is 37.2 Å². The maximum absolute atomic E-state index is 13.0. The van der Waals surface area contributed by atoms with Crippen molar-refractivity contribution in [2.75, 3.05) is 26.7 Å². The number of imide groups is 1. The molecule has 2 fully saturated rings. The number of ether oxygens (including phenoxy) is 1. The first-order chi connectivity index (χ1) is 15.1. The number of nitrogens with one attached hydrogen (secondary N) is 3. The van der Waals surface area contributed by atoms with Gasteiger partial charge < -0.3 is 15.4 Å². The highest BCUT2D eigenvalue weighted by molar-refractivity contribution is 6.08. The van der Waals surface area contributed by atoms with E-state index in [1.165, 1.54) is 7.11 Å². The van der Waals surface area contributed by atoms with Crippen LogP contribution in [0.5, 0.6) is 5.75 Å². The molecule has 3 rings (SSSR count). The molecule has 2 saturated heterocycles. The number of hydrazine groups is 1. The molecule has 0 spiro atoms. The summed E-state index contributed by atoms with van der Waals surface area (Å²) in [5.41, 5.74) is 1.65. The molecular weight excluding hydrogens is 414 g/mol. The van der Waals surface area contributed by atoms with Crippen LogP contribution in [0.4, 0.5) is 4.79 Å². The Labute approximate surface area is 187 Å². The van der Waals surface area contributed by atoms with Crippen LogP contribution in [0, 0.1) is 5.92 Å². The molecule has 0 aliphatic carbocycles. The van der Waals surface area contributed by atoms with Gasteiger partial charge in [0.2, 0.25) is 5.91 Å². The van der Waals surface area contributed by atoms with Crippen molar-refractivity contribution in [1.82, 2.24) is 26.0 Å². The van der Waals surface area contributed by atoms with Crippen molar-refractivity contribution in [3.05, 3.63) is 29.8 Å². The van der Waals surface area contributed by atoms with Crippen LogP contribution in [0.2, 0.25) is 0 Å². The summed E-state index contributed by atoms with van der Waals surface area (Å²) in [5, 5.41) is 6.30. The summed E-state index contributed by atoms with van der Waals surface area (Å²) in [7, 11) is 1.52. The smallest absolute Gasteiger partial charge is 0.344 e. The van der Waals surface area contributed by atoms with Crippen molar-refractivity contribution < 1.29 is 23.9 Å². The Hall–Kier alpha value is -3.14. The van der Waals surface area contributed by atoms with Gasteiger partial charge in [0.15, 0.2) is 0 Å². The zero-order valence-corrected chi connectivity index (χ0v) is 18.9.